The zero-order chi connectivity index (χ0) is 12.8. The van der Waals surface area contributed by atoms with E-state index in [2.05, 4.69) is 20.0 Å². The minimum Gasteiger partial charge on any atom is -0.311 e. The Morgan fingerprint density at radius 3 is 2.78 bits per heavy atom. The maximum atomic E-state index is 11.5. The third-order valence-corrected chi connectivity index (χ3v) is 2.24. The van der Waals surface area contributed by atoms with E-state index in [4.69, 9.17) is 11.6 Å². The Kier molecular flexibility index (Phi) is 3.98. The molecule has 0 atom stereocenters. The van der Waals surface area contributed by atoms with Gasteiger partial charge in [-0.25, -0.2) is 4.79 Å². The van der Waals surface area contributed by atoms with Gasteiger partial charge >= 0.3 is 5.97 Å². The second kappa shape index (κ2) is 5.88. The van der Waals surface area contributed by atoms with Gasteiger partial charge in [0, 0.05) is 18.6 Å². The molecule has 0 aliphatic rings. The predicted octanol–water partition coefficient (Wildman–Crippen LogP) is 2.23. The lowest BCUT2D eigenvalue weighted by atomic mass is 10.3. The van der Waals surface area contributed by atoms with Gasteiger partial charge in [0.1, 0.15) is 5.69 Å². The Balaban J connectivity index is 2.05. The molecule has 0 aliphatic carbocycles. The maximum absolute atomic E-state index is 11.5. The molecule has 0 fully saturated rings. The molecule has 90 valence electrons. The lowest BCUT2D eigenvalue weighted by molar-refractivity contribution is 0.0517. The molecule has 0 bridgehead atoms. The molecule has 0 aliphatic heterocycles. The van der Waals surface area contributed by atoms with Crippen molar-refractivity contribution >= 4 is 22.7 Å². The zero-order valence-corrected chi connectivity index (χ0v) is 9.91. The van der Waals surface area contributed by atoms with Crippen molar-refractivity contribution in [3.63, 3.8) is 0 Å². The fourth-order valence-electron chi connectivity index (χ4n) is 1.15. The standard InChI is InChI=1S/C12H8ClN3O2/c13-11(10-5-1-2-7-15-10)16-18-12(17)9-4-3-6-14-8-9/h1-8H. The van der Waals surface area contributed by atoms with Crippen molar-refractivity contribution in [3.05, 3.63) is 60.2 Å². The SMILES string of the molecule is O=C(ON=C(Cl)c1ccccn1)c1cccnc1. The van der Waals surface area contributed by atoms with Crippen molar-refractivity contribution in [2.45, 2.75) is 0 Å². The van der Waals surface area contributed by atoms with E-state index >= 15 is 0 Å². The molecular formula is C12H8ClN3O2. The zero-order valence-electron chi connectivity index (χ0n) is 9.15. The van der Waals surface area contributed by atoms with Gasteiger partial charge in [-0.1, -0.05) is 22.8 Å². The monoisotopic (exact) mass is 261 g/mol. The fourth-order valence-corrected chi connectivity index (χ4v) is 1.30. The van der Waals surface area contributed by atoms with E-state index in [1.165, 1.54) is 6.20 Å². The largest absolute Gasteiger partial charge is 0.367 e. The van der Waals surface area contributed by atoms with Gasteiger partial charge in [-0.15, -0.1) is 0 Å². The fraction of sp³-hybridized carbons (Fsp3) is 0. The van der Waals surface area contributed by atoms with Crippen LogP contribution in [0.1, 0.15) is 16.1 Å². The summed E-state index contributed by atoms with van der Waals surface area (Å²) < 4.78 is 0. The molecule has 0 aromatic carbocycles. The van der Waals surface area contributed by atoms with Gasteiger partial charge in [-0.05, 0) is 24.3 Å². The van der Waals surface area contributed by atoms with Crippen LogP contribution in [0.15, 0.2) is 54.1 Å². The summed E-state index contributed by atoms with van der Waals surface area (Å²) in [5, 5.41) is 3.52. The van der Waals surface area contributed by atoms with Gasteiger partial charge in [-0.3, -0.25) is 9.97 Å². The van der Waals surface area contributed by atoms with Crippen LogP contribution in [-0.2, 0) is 4.84 Å². The number of carbonyl (C=O) groups is 1. The molecule has 0 unspecified atom stereocenters. The van der Waals surface area contributed by atoms with Crippen LogP contribution in [0.5, 0.6) is 0 Å². The quantitative estimate of drug-likeness (QED) is 0.483. The van der Waals surface area contributed by atoms with Crippen molar-refractivity contribution in [3.8, 4) is 0 Å². The topological polar surface area (TPSA) is 64.4 Å². The number of oxime groups is 1. The van der Waals surface area contributed by atoms with Gasteiger partial charge in [-0.2, -0.15) is 0 Å². The van der Waals surface area contributed by atoms with Crippen LogP contribution in [0.3, 0.4) is 0 Å². The lowest BCUT2D eigenvalue weighted by Gasteiger charge is -1.98. The first-order chi connectivity index (χ1) is 8.77. The summed E-state index contributed by atoms with van der Waals surface area (Å²) in [6.07, 6.45) is 4.50. The van der Waals surface area contributed by atoms with Crippen LogP contribution in [-0.4, -0.2) is 21.1 Å². The third kappa shape index (κ3) is 3.11. The first-order valence-corrected chi connectivity index (χ1v) is 5.41. The lowest BCUT2D eigenvalue weighted by Crippen LogP contribution is -2.03. The van der Waals surface area contributed by atoms with Crippen molar-refractivity contribution in [2.75, 3.05) is 0 Å². The first kappa shape index (κ1) is 12.2. The Morgan fingerprint density at radius 1 is 1.22 bits per heavy atom. The highest BCUT2D eigenvalue weighted by molar-refractivity contribution is 6.69. The summed E-state index contributed by atoms with van der Waals surface area (Å²) in [5.74, 6) is -0.628. The normalized spacial score (nSPS) is 11.1. The number of hydrogen-bond acceptors (Lipinski definition) is 5. The molecule has 2 aromatic rings. The first-order valence-electron chi connectivity index (χ1n) is 5.03. The molecule has 0 saturated carbocycles. The van der Waals surface area contributed by atoms with Crippen LogP contribution >= 0.6 is 11.6 Å². The Bertz CT molecular complexity index is 558. The van der Waals surface area contributed by atoms with Gasteiger partial charge in [0.25, 0.3) is 0 Å². The van der Waals surface area contributed by atoms with Gasteiger partial charge < -0.3 is 4.84 Å². The van der Waals surface area contributed by atoms with Gasteiger partial charge in [0.15, 0.2) is 5.17 Å². The molecule has 0 amide bonds. The van der Waals surface area contributed by atoms with Crippen molar-refractivity contribution in [1.82, 2.24) is 9.97 Å². The number of nitrogens with zero attached hydrogens (tertiary/aromatic N) is 3. The Morgan fingerprint density at radius 2 is 2.11 bits per heavy atom. The van der Waals surface area contributed by atoms with E-state index in [0.29, 0.717) is 11.3 Å². The summed E-state index contributed by atoms with van der Waals surface area (Å²) in [5.41, 5.74) is 0.727. The number of hydrogen-bond donors (Lipinski definition) is 0. The van der Waals surface area contributed by atoms with E-state index in [0.717, 1.165) is 0 Å². The Hall–Kier alpha value is -2.27. The second-order valence-electron chi connectivity index (χ2n) is 3.22. The Labute approximate surface area is 108 Å². The van der Waals surface area contributed by atoms with Crippen molar-refractivity contribution in [2.24, 2.45) is 5.16 Å². The van der Waals surface area contributed by atoms with E-state index in [1.54, 1.807) is 42.7 Å². The minimum atomic E-state index is -0.628. The molecule has 6 heteroatoms. The molecule has 18 heavy (non-hydrogen) atoms. The molecule has 0 spiro atoms. The molecule has 0 saturated heterocycles. The number of carbonyl (C=O) groups excluding carboxylic acids is 1. The summed E-state index contributed by atoms with van der Waals surface area (Å²) in [4.78, 5) is 24.0. The molecule has 2 aromatic heterocycles. The van der Waals surface area contributed by atoms with Crippen LogP contribution in [0, 0.1) is 0 Å². The summed E-state index contributed by atoms with van der Waals surface area (Å²) in [7, 11) is 0. The molecule has 0 N–H and O–H groups in total. The highest BCUT2D eigenvalue weighted by Crippen LogP contribution is 2.04. The molecule has 5 nitrogen and oxygen atoms in total. The second-order valence-corrected chi connectivity index (χ2v) is 3.58. The molecule has 2 rings (SSSR count). The smallest absolute Gasteiger partial charge is 0.311 e. The molecule has 0 radical (unpaired) electrons. The van der Waals surface area contributed by atoms with Crippen LogP contribution < -0.4 is 0 Å². The van der Waals surface area contributed by atoms with E-state index in [1.807, 2.05) is 0 Å². The summed E-state index contributed by atoms with van der Waals surface area (Å²) >= 11 is 5.83. The van der Waals surface area contributed by atoms with Crippen LogP contribution in [0.25, 0.3) is 0 Å². The van der Waals surface area contributed by atoms with E-state index in [9.17, 15) is 4.79 Å². The highest BCUT2D eigenvalue weighted by Gasteiger charge is 2.08. The van der Waals surface area contributed by atoms with Crippen LogP contribution in [0.2, 0.25) is 0 Å². The van der Waals surface area contributed by atoms with Gasteiger partial charge in [0.2, 0.25) is 0 Å². The molecular weight excluding hydrogens is 254 g/mol. The van der Waals surface area contributed by atoms with Crippen LogP contribution in [0.4, 0.5) is 0 Å². The maximum Gasteiger partial charge on any atom is 0.367 e. The number of rotatable bonds is 3. The number of pyridine rings is 2. The third-order valence-electron chi connectivity index (χ3n) is 1.98. The molecule has 2 heterocycles. The van der Waals surface area contributed by atoms with Crippen molar-refractivity contribution in [1.29, 1.82) is 0 Å². The summed E-state index contributed by atoms with van der Waals surface area (Å²) in [6, 6.07) is 8.35. The predicted molar refractivity (Wildman–Crippen MR) is 66.3 cm³/mol. The van der Waals surface area contributed by atoms with Crippen molar-refractivity contribution < 1.29 is 9.63 Å². The van der Waals surface area contributed by atoms with E-state index in [-0.39, 0.29) is 5.17 Å². The summed E-state index contributed by atoms with van der Waals surface area (Å²) in [6.45, 7) is 0. The average molecular weight is 262 g/mol. The van der Waals surface area contributed by atoms with E-state index < -0.39 is 5.97 Å². The minimum absolute atomic E-state index is 0.00726. The number of halogens is 1. The highest BCUT2D eigenvalue weighted by atomic mass is 35.5. The van der Waals surface area contributed by atoms with Gasteiger partial charge in [0.05, 0.1) is 5.56 Å². The average Bonchev–Trinajstić information content (AvgIpc) is 2.46. The number of aromatic nitrogens is 2.